The first kappa shape index (κ1) is 15.8. The van der Waals surface area contributed by atoms with Crippen LogP contribution in [0.15, 0.2) is 41.8 Å². The summed E-state index contributed by atoms with van der Waals surface area (Å²) >= 11 is 0. The Morgan fingerprint density at radius 1 is 1.29 bits per heavy atom. The predicted molar refractivity (Wildman–Crippen MR) is 83.1 cm³/mol. The number of hydrogen-bond donors (Lipinski definition) is 1. The first-order valence-corrected chi connectivity index (χ1v) is 7.82. The number of sulfonamides is 1. The Labute approximate surface area is 130 Å². The molecule has 0 saturated heterocycles. The van der Waals surface area contributed by atoms with Gasteiger partial charge in [-0.15, -0.1) is 12.4 Å². The van der Waals surface area contributed by atoms with Crippen molar-refractivity contribution in [1.82, 2.24) is 14.9 Å². The molecule has 0 saturated carbocycles. The van der Waals surface area contributed by atoms with Gasteiger partial charge in [0, 0.05) is 32.9 Å². The van der Waals surface area contributed by atoms with E-state index in [0.717, 1.165) is 11.3 Å². The van der Waals surface area contributed by atoms with Crippen molar-refractivity contribution in [3.8, 4) is 0 Å². The first-order valence-electron chi connectivity index (χ1n) is 6.38. The number of halogens is 1. The van der Waals surface area contributed by atoms with E-state index in [1.54, 1.807) is 11.6 Å². The second-order valence-corrected chi connectivity index (χ2v) is 6.57. The lowest BCUT2D eigenvalue weighted by Crippen LogP contribution is -2.35. The zero-order valence-electron chi connectivity index (χ0n) is 11.6. The molecule has 1 aliphatic heterocycles. The highest BCUT2D eigenvalue weighted by Crippen LogP contribution is 2.27. The van der Waals surface area contributed by atoms with E-state index >= 15 is 0 Å². The van der Waals surface area contributed by atoms with E-state index in [4.69, 9.17) is 0 Å². The Bertz CT molecular complexity index is 729. The third-order valence-corrected chi connectivity index (χ3v) is 5.00. The standard InChI is InChI=1S/C13H16N4O2S.ClH/c1-16-9-13(15-10-16)20(18,19)17-7-6-14-8-11-4-2-3-5-12(11)17;/h2-5,9-10,14H,6-8H2,1H3;1H. The van der Waals surface area contributed by atoms with E-state index < -0.39 is 10.0 Å². The molecule has 1 aromatic carbocycles. The molecular formula is C13H17ClN4O2S. The molecule has 0 unspecified atom stereocenters. The molecule has 3 rings (SSSR count). The highest BCUT2D eigenvalue weighted by atomic mass is 35.5. The van der Waals surface area contributed by atoms with Gasteiger partial charge in [-0.05, 0) is 11.6 Å². The van der Waals surface area contributed by atoms with Crippen LogP contribution in [0.4, 0.5) is 5.69 Å². The summed E-state index contributed by atoms with van der Waals surface area (Å²) in [7, 11) is -1.86. The average molecular weight is 329 g/mol. The molecule has 21 heavy (non-hydrogen) atoms. The Morgan fingerprint density at radius 2 is 2.05 bits per heavy atom. The SMILES string of the molecule is Cl.Cn1cnc(S(=O)(=O)N2CCNCc3ccccc32)c1. The molecule has 0 aliphatic carbocycles. The maximum atomic E-state index is 12.7. The van der Waals surface area contributed by atoms with Gasteiger partial charge in [0.2, 0.25) is 0 Å². The van der Waals surface area contributed by atoms with Gasteiger partial charge in [-0.2, -0.15) is 8.42 Å². The number of fused-ring (bicyclic) bond motifs is 1. The molecule has 1 aliphatic rings. The van der Waals surface area contributed by atoms with Crippen molar-refractivity contribution in [3.63, 3.8) is 0 Å². The minimum absolute atomic E-state index is 0. The van der Waals surface area contributed by atoms with Crippen LogP contribution in [0, 0.1) is 0 Å². The minimum atomic E-state index is -3.62. The lowest BCUT2D eigenvalue weighted by molar-refractivity contribution is 0.586. The van der Waals surface area contributed by atoms with Crippen LogP contribution in [-0.4, -0.2) is 31.1 Å². The number of hydrogen-bond acceptors (Lipinski definition) is 4. The molecule has 8 heteroatoms. The Hall–Kier alpha value is -1.57. The van der Waals surface area contributed by atoms with Crippen LogP contribution in [0.5, 0.6) is 0 Å². The molecule has 0 spiro atoms. The summed E-state index contributed by atoms with van der Waals surface area (Å²) in [5.74, 6) is 0. The molecule has 2 aromatic rings. The summed E-state index contributed by atoms with van der Waals surface area (Å²) in [6.45, 7) is 1.68. The van der Waals surface area contributed by atoms with Crippen molar-refractivity contribution < 1.29 is 8.42 Å². The van der Waals surface area contributed by atoms with E-state index in [2.05, 4.69) is 10.3 Å². The van der Waals surface area contributed by atoms with Gasteiger partial charge in [0.15, 0.2) is 5.03 Å². The van der Waals surface area contributed by atoms with Gasteiger partial charge in [-0.1, -0.05) is 18.2 Å². The summed E-state index contributed by atoms with van der Waals surface area (Å²) in [4.78, 5) is 3.98. The average Bonchev–Trinajstić information content (AvgIpc) is 2.75. The second-order valence-electron chi connectivity index (χ2n) is 4.76. The molecule has 1 N–H and O–H groups in total. The summed E-state index contributed by atoms with van der Waals surface area (Å²) in [5.41, 5.74) is 1.70. The number of imidazole rings is 1. The lowest BCUT2D eigenvalue weighted by Gasteiger charge is -2.22. The van der Waals surface area contributed by atoms with Gasteiger partial charge < -0.3 is 9.88 Å². The first-order chi connectivity index (χ1) is 9.59. The predicted octanol–water partition coefficient (Wildman–Crippen LogP) is 1.14. The monoisotopic (exact) mass is 328 g/mol. The lowest BCUT2D eigenvalue weighted by atomic mass is 10.2. The van der Waals surface area contributed by atoms with Crippen molar-refractivity contribution in [2.45, 2.75) is 11.6 Å². The van der Waals surface area contributed by atoms with Crippen LogP contribution in [0.2, 0.25) is 0 Å². The second kappa shape index (κ2) is 6.05. The van der Waals surface area contributed by atoms with Gasteiger partial charge in [0.1, 0.15) is 0 Å². The molecule has 114 valence electrons. The maximum Gasteiger partial charge on any atom is 0.283 e. The van der Waals surface area contributed by atoms with Crippen LogP contribution in [0.3, 0.4) is 0 Å². The highest BCUT2D eigenvalue weighted by Gasteiger charge is 2.29. The zero-order chi connectivity index (χ0) is 14.2. The smallest absolute Gasteiger partial charge is 0.283 e. The third kappa shape index (κ3) is 2.90. The summed E-state index contributed by atoms with van der Waals surface area (Å²) in [5, 5.41) is 3.31. The van der Waals surface area contributed by atoms with Crippen molar-refractivity contribution >= 4 is 28.1 Å². The maximum absolute atomic E-state index is 12.7. The molecule has 0 amide bonds. The highest BCUT2D eigenvalue weighted by molar-refractivity contribution is 7.92. The molecule has 1 aromatic heterocycles. The molecule has 6 nitrogen and oxygen atoms in total. The van der Waals surface area contributed by atoms with E-state index in [9.17, 15) is 8.42 Å². The van der Waals surface area contributed by atoms with E-state index in [1.165, 1.54) is 16.8 Å². The summed E-state index contributed by atoms with van der Waals surface area (Å²) < 4.78 is 28.5. The Balaban J connectivity index is 0.00000161. The van der Waals surface area contributed by atoms with Crippen molar-refractivity contribution in [2.24, 2.45) is 7.05 Å². The quantitative estimate of drug-likeness (QED) is 0.897. The number of aromatic nitrogens is 2. The normalized spacial score (nSPS) is 15.0. The molecule has 0 bridgehead atoms. The van der Waals surface area contributed by atoms with E-state index in [0.29, 0.717) is 19.6 Å². The van der Waals surface area contributed by atoms with Crippen molar-refractivity contribution in [3.05, 3.63) is 42.4 Å². The molecular weight excluding hydrogens is 312 g/mol. The molecule has 0 fully saturated rings. The fourth-order valence-electron chi connectivity index (χ4n) is 2.31. The largest absolute Gasteiger partial charge is 0.339 e. The number of para-hydroxylation sites is 1. The molecule has 2 heterocycles. The number of nitrogens with one attached hydrogen (secondary N) is 1. The molecule has 0 atom stereocenters. The Morgan fingerprint density at radius 3 is 2.76 bits per heavy atom. The topological polar surface area (TPSA) is 67.2 Å². The number of nitrogens with zero attached hydrogens (tertiary/aromatic N) is 3. The summed E-state index contributed by atoms with van der Waals surface area (Å²) in [6, 6.07) is 7.54. The number of anilines is 1. The zero-order valence-corrected chi connectivity index (χ0v) is 13.2. The Kier molecular flexibility index (Phi) is 4.55. The summed E-state index contributed by atoms with van der Waals surface area (Å²) in [6.07, 6.45) is 3.02. The van der Waals surface area contributed by atoms with Gasteiger partial charge >= 0.3 is 0 Å². The fourth-order valence-corrected chi connectivity index (χ4v) is 3.79. The van der Waals surface area contributed by atoms with Gasteiger partial charge in [-0.3, -0.25) is 4.31 Å². The van der Waals surface area contributed by atoms with Crippen molar-refractivity contribution in [2.75, 3.05) is 17.4 Å². The number of aryl methyl sites for hydroxylation is 1. The van der Waals surface area contributed by atoms with Crippen LogP contribution in [0.25, 0.3) is 0 Å². The van der Waals surface area contributed by atoms with Crippen LogP contribution in [-0.2, 0) is 23.6 Å². The minimum Gasteiger partial charge on any atom is -0.339 e. The van der Waals surface area contributed by atoms with E-state index in [1.807, 2.05) is 24.3 Å². The van der Waals surface area contributed by atoms with Crippen LogP contribution >= 0.6 is 12.4 Å². The van der Waals surface area contributed by atoms with E-state index in [-0.39, 0.29) is 17.4 Å². The number of benzene rings is 1. The van der Waals surface area contributed by atoms with Crippen LogP contribution < -0.4 is 9.62 Å². The fraction of sp³-hybridized carbons (Fsp3) is 0.308. The van der Waals surface area contributed by atoms with Gasteiger partial charge in [0.25, 0.3) is 10.0 Å². The third-order valence-electron chi connectivity index (χ3n) is 3.30. The van der Waals surface area contributed by atoms with Gasteiger partial charge in [0.05, 0.1) is 12.0 Å². The van der Waals surface area contributed by atoms with Crippen LogP contribution in [0.1, 0.15) is 5.56 Å². The van der Waals surface area contributed by atoms with Crippen molar-refractivity contribution in [1.29, 1.82) is 0 Å². The molecule has 0 radical (unpaired) electrons. The van der Waals surface area contributed by atoms with Gasteiger partial charge in [-0.25, -0.2) is 4.98 Å². The number of rotatable bonds is 2.